The third kappa shape index (κ3) is 6.21. The molecule has 0 aromatic heterocycles. The number of amides is 2. The molecule has 8 heteroatoms. The summed E-state index contributed by atoms with van der Waals surface area (Å²) in [6.45, 7) is -0.507. The first-order valence-corrected chi connectivity index (χ1v) is 10.4. The zero-order valence-electron chi connectivity index (χ0n) is 17.2. The molecule has 0 unspecified atom stereocenters. The van der Waals surface area contributed by atoms with E-state index in [1.165, 1.54) is 0 Å². The minimum absolute atomic E-state index is 0.0377. The maximum atomic E-state index is 12.8. The van der Waals surface area contributed by atoms with Crippen molar-refractivity contribution in [2.75, 3.05) is 6.54 Å². The molecule has 3 rings (SSSR count). The summed E-state index contributed by atoms with van der Waals surface area (Å²) in [5, 5.41) is 29.1. The molecular formula is C23H27N3O5. The van der Waals surface area contributed by atoms with Crippen LogP contribution in [0.2, 0.25) is 0 Å². The number of aliphatic hydroxyl groups excluding tert-OH is 1. The van der Waals surface area contributed by atoms with Crippen molar-refractivity contribution in [2.45, 2.75) is 44.7 Å². The largest absolute Gasteiger partial charge is 0.494 e. The molecule has 0 heterocycles. The highest BCUT2D eigenvalue weighted by atomic mass is 16.4. The van der Waals surface area contributed by atoms with Crippen LogP contribution in [0.4, 0.5) is 0 Å². The van der Waals surface area contributed by atoms with Gasteiger partial charge in [-0.3, -0.25) is 14.4 Å². The number of aliphatic hydroxyl groups is 1. The van der Waals surface area contributed by atoms with Crippen LogP contribution < -0.4 is 16.0 Å². The van der Waals surface area contributed by atoms with E-state index in [0.29, 0.717) is 0 Å². The standard InChI is InChI=1S/C23H27N3O5/c27-19(28)14-25-22(30)20(23(31)26-18-8-2-1-3-9-18)21(29)24-13-15-10-11-16-6-4-5-7-17(16)12-15/h4-7,10-12,18,26,31H,1-3,8-9,13-14H2,(H,24,29)(H,25,30)(H,27,28)/b23-20-. The van der Waals surface area contributed by atoms with E-state index in [2.05, 4.69) is 16.0 Å². The average Bonchev–Trinajstić information content (AvgIpc) is 2.77. The Bertz CT molecular complexity index is 996. The number of carbonyl (C=O) groups excluding carboxylic acids is 2. The Morgan fingerprint density at radius 2 is 1.55 bits per heavy atom. The first-order valence-electron chi connectivity index (χ1n) is 10.4. The summed E-state index contributed by atoms with van der Waals surface area (Å²) in [6, 6.07) is 13.5. The molecule has 0 atom stereocenters. The molecular weight excluding hydrogens is 398 g/mol. The van der Waals surface area contributed by atoms with E-state index in [4.69, 9.17) is 5.11 Å². The number of nitrogens with one attached hydrogen (secondary N) is 3. The summed E-state index contributed by atoms with van der Waals surface area (Å²) in [7, 11) is 0. The van der Waals surface area contributed by atoms with E-state index in [-0.39, 0.29) is 12.6 Å². The molecule has 0 aliphatic heterocycles. The van der Waals surface area contributed by atoms with Gasteiger partial charge in [0, 0.05) is 12.6 Å². The lowest BCUT2D eigenvalue weighted by atomic mass is 9.95. The van der Waals surface area contributed by atoms with Crippen molar-refractivity contribution in [3.63, 3.8) is 0 Å². The van der Waals surface area contributed by atoms with Gasteiger partial charge in [-0.2, -0.15) is 0 Å². The van der Waals surface area contributed by atoms with E-state index < -0.39 is 35.8 Å². The zero-order valence-corrected chi connectivity index (χ0v) is 17.2. The van der Waals surface area contributed by atoms with Gasteiger partial charge < -0.3 is 26.2 Å². The highest BCUT2D eigenvalue weighted by molar-refractivity contribution is 6.19. The lowest BCUT2D eigenvalue weighted by molar-refractivity contribution is -0.138. The second kappa shape index (κ2) is 10.5. The van der Waals surface area contributed by atoms with E-state index in [0.717, 1.165) is 48.4 Å². The Kier molecular flexibility index (Phi) is 7.48. The number of carboxylic acid groups (broad SMARTS) is 1. The molecule has 0 bridgehead atoms. The molecule has 1 aliphatic carbocycles. The highest BCUT2D eigenvalue weighted by Gasteiger charge is 2.26. The minimum atomic E-state index is -1.25. The van der Waals surface area contributed by atoms with Gasteiger partial charge in [-0.15, -0.1) is 0 Å². The third-order valence-electron chi connectivity index (χ3n) is 5.30. The average molecular weight is 425 g/mol. The monoisotopic (exact) mass is 425 g/mol. The van der Waals surface area contributed by atoms with E-state index >= 15 is 0 Å². The fourth-order valence-corrected chi connectivity index (χ4v) is 3.69. The van der Waals surface area contributed by atoms with Gasteiger partial charge in [-0.1, -0.05) is 55.7 Å². The van der Waals surface area contributed by atoms with Crippen molar-refractivity contribution >= 4 is 28.6 Å². The molecule has 1 saturated carbocycles. The fourth-order valence-electron chi connectivity index (χ4n) is 3.69. The predicted octanol–water partition coefficient (Wildman–Crippen LogP) is 2.35. The second-order valence-electron chi connectivity index (χ2n) is 7.64. The van der Waals surface area contributed by atoms with Gasteiger partial charge in [0.25, 0.3) is 11.8 Å². The molecule has 2 aromatic carbocycles. The minimum Gasteiger partial charge on any atom is -0.494 e. The maximum absolute atomic E-state index is 12.8. The van der Waals surface area contributed by atoms with Crippen molar-refractivity contribution in [3.05, 3.63) is 59.5 Å². The highest BCUT2D eigenvalue weighted by Crippen LogP contribution is 2.19. The van der Waals surface area contributed by atoms with E-state index in [9.17, 15) is 19.5 Å². The first kappa shape index (κ1) is 22.1. The number of carboxylic acids is 1. The number of fused-ring (bicyclic) bond motifs is 1. The summed E-state index contributed by atoms with van der Waals surface area (Å²) in [6.07, 6.45) is 4.76. The Morgan fingerprint density at radius 1 is 0.871 bits per heavy atom. The lowest BCUT2D eigenvalue weighted by Gasteiger charge is -2.24. The van der Waals surface area contributed by atoms with E-state index in [1.54, 1.807) is 0 Å². The quantitative estimate of drug-likeness (QED) is 0.191. The molecule has 164 valence electrons. The summed E-state index contributed by atoms with van der Waals surface area (Å²) in [4.78, 5) is 36.0. The number of rotatable bonds is 8. The number of benzene rings is 2. The van der Waals surface area contributed by atoms with Crippen LogP contribution >= 0.6 is 0 Å². The Morgan fingerprint density at radius 3 is 2.26 bits per heavy atom. The topological polar surface area (TPSA) is 128 Å². The molecule has 31 heavy (non-hydrogen) atoms. The van der Waals surface area contributed by atoms with Crippen LogP contribution in [0, 0.1) is 0 Å². The summed E-state index contributed by atoms with van der Waals surface area (Å²) in [5.41, 5.74) is 0.310. The number of carbonyl (C=O) groups is 3. The molecule has 5 N–H and O–H groups in total. The van der Waals surface area contributed by atoms with Crippen molar-refractivity contribution in [3.8, 4) is 0 Å². The smallest absolute Gasteiger partial charge is 0.322 e. The van der Waals surface area contributed by atoms with E-state index in [1.807, 2.05) is 42.5 Å². The summed E-state index contributed by atoms with van der Waals surface area (Å²) < 4.78 is 0. The summed E-state index contributed by atoms with van der Waals surface area (Å²) in [5.74, 6) is -3.51. The van der Waals surface area contributed by atoms with Gasteiger partial charge in [0.2, 0.25) is 5.88 Å². The SMILES string of the molecule is O=C(O)CNC(=O)/C(C(=O)NCc1ccc2ccccc2c1)=C(\O)NC1CCCCC1. The van der Waals surface area contributed by atoms with Crippen LogP contribution in [-0.4, -0.2) is 40.6 Å². The van der Waals surface area contributed by atoms with Crippen LogP contribution in [0.15, 0.2) is 53.9 Å². The predicted molar refractivity (Wildman–Crippen MR) is 116 cm³/mol. The van der Waals surface area contributed by atoms with Crippen molar-refractivity contribution in [1.29, 1.82) is 0 Å². The third-order valence-corrected chi connectivity index (χ3v) is 5.30. The Hall–Kier alpha value is -3.55. The Balaban J connectivity index is 1.74. The van der Waals surface area contributed by atoms with Crippen molar-refractivity contribution in [2.24, 2.45) is 0 Å². The molecule has 0 spiro atoms. The van der Waals surface area contributed by atoms with Gasteiger partial charge in [0.15, 0.2) is 5.57 Å². The van der Waals surface area contributed by atoms with Crippen LogP contribution in [0.5, 0.6) is 0 Å². The summed E-state index contributed by atoms with van der Waals surface area (Å²) >= 11 is 0. The zero-order chi connectivity index (χ0) is 22.2. The normalized spacial score (nSPS) is 15.1. The molecule has 2 aromatic rings. The second-order valence-corrected chi connectivity index (χ2v) is 7.64. The molecule has 8 nitrogen and oxygen atoms in total. The van der Waals surface area contributed by atoms with Gasteiger partial charge in [-0.05, 0) is 35.2 Å². The number of hydrogen-bond donors (Lipinski definition) is 5. The van der Waals surface area contributed by atoms with Crippen LogP contribution in [0.1, 0.15) is 37.7 Å². The van der Waals surface area contributed by atoms with Gasteiger partial charge >= 0.3 is 5.97 Å². The Labute approximate surface area is 180 Å². The number of hydrogen-bond acceptors (Lipinski definition) is 5. The first-order chi connectivity index (χ1) is 14.9. The van der Waals surface area contributed by atoms with Gasteiger partial charge in [0.1, 0.15) is 6.54 Å². The van der Waals surface area contributed by atoms with Crippen molar-refractivity contribution in [1.82, 2.24) is 16.0 Å². The number of aliphatic carboxylic acids is 1. The van der Waals surface area contributed by atoms with Crippen LogP contribution in [-0.2, 0) is 20.9 Å². The molecule has 0 radical (unpaired) electrons. The lowest BCUT2D eigenvalue weighted by Crippen LogP contribution is -2.41. The van der Waals surface area contributed by atoms with Gasteiger partial charge in [0.05, 0.1) is 0 Å². The van der Waals surface area contributed by atoms with Gasteiger partial charge in [-0.25, -0.2) is 0 Å². The van der Waals surface area contributed by atoms with Crippen molar-refractivity contribution < 1.29 is 24.6 Å². The maximum Gasteiger partial charge on any atom is 0.322 e. The molecule has 1 aliphatic rings. The molecule has 1 fully saturated rings. The van der Waals surface area contributed by atoms with Crippen LogP contribution in [0.3, 0.4) is 0 Å². The molecule has 2 amide bonds. The fraction of sp³-hybridized carbons (Fsp3) is 0.348. The molecule has 0 saturated heterocycles. The van der Waals surface area contributed by atoms with Crippen LogP contribution in [0.25, 0.3) is 10.8 Å².